The zero-order chi connectivity index (χ0) is 54.3. The van der Waals surface area contributed by atoms with Gasteiger partial charge in [-0.1, -0.05) is 145 Å². The van der Waals surface area contributed by atoms with E-state index in [9.17, 15) is 8.78 Å². The van der Waals surface area contributed by atoms with E-state index >= 15 is 0 Å². The first-order valence-electron chi connectivity index (χ1n) is 27.8. The van der Waals surface area contributed by atoms with E-state index in [1.165, 1.54) is 79.0 Å². The number of hydrogen-bond donors (Lipinski definition) is 0. The normalized spacial score (nSPS) is 13.3. The molecule has 0 radical (unpaired) electrons. The molecule has 13 aromatic rings. The predicted molar refractivity (Wildman–Crippen MR) is 330 cm³/mol. The Morgan fingerprint density at radius 3 is 1.40 bits per heavy atom. The largest absolute Gasteiger partial charge is 0.314 e. The van der Waals surface area contributed by atoms with Crippen LogP contribution >= 0.6 is 0 Å². The minimum absolute atomic E-state index is 0.245. The van der Waals surface area contributed by atoms with Crippen molar-refractivity contribution in [3.8, 4) is 22.5 Å². The van der Waals surface area contributed by atoms with Crippen molar-refractivity contribution in [2.45, 2.75) is 32.1 Å². The summed E-state index contributed by atoms with van der Waals surface area (Å²) >= 11 is 0. The summed E-state index contributed by atoms with van der Waals surface area (Å²) < 4.78 is 33.3. The lowest BCUT2D eigenvalue weighted by molar-refractivity contribution is 0.627. The molecule has 0 spiro atoms. The highest BCUT2D eigenvalue weighted by molar-refractivity contribution is 6.11. The second-order valence-electron chi connectivity index (χ2n) is 21.6. The summed E-state index contributed by atoms with van der Waals surface area (Å²) in [5.41, 5.74) is 22.7. The number of fused-ring (bicyclic) bond motifs is 9. The van der Waals surface area contributed by atoms with Crippen molar-refractivity contribution in [1.29, 1.82) is 0 Å². The van der Waals surface area contributed by atoms with Crippen molar-refractivity contribution in [2.75, 3.05) is 9.80 Å². The second-order valence-corrected chi connectivity index (χ2v) is 21.6. The Kier molecular flexibility index (Phi) is 11.3. The molecule has 2 aromatic heterocycles. The zero-order valence-corrected chi connectivity index (χ0v) is 44.9. The van der Waals surface area contributed by atoms with Gasteiger partial charge in [-0.3, -0.25) is 0 Å². The molecule has 11 aromatic carbocycles. The van der Waals surface area contributed by atoms with Gasteiger partial charge in [0.15, 0.2) is 0 Å². The highest BCUT2D eigenvalue weighted by Gasteiger charge is 2.47. The van der Waals surface area contributed by atoms with Crippen molar-refractivity contribution in [3.63, 3.8) is 0 Å². The third-order valence-electron chi connectivity index (χ3n) is 16.9. The molecule has 2 aliphatic carbocycles. The molecule has 0 saturated heterocycles. The third kappa shape index (κ3) is 7.77. The van der Waals surface area contributed by atoms with E-state index in [-0.39, 0.29) is 11.6 Å². The Morgan fingerprint density at radius 2 is 0.815 bits per heavy atom. The predicted octanol–water partition coefficient (Wildman–Crippen LogP) is 19.6. The van der Waals surface area contributed by atoms with E-state index in [4.69, 9.17) is 0 Å². The number of benzene rings is 11. The van der Waals surface area contributed by atoms with E-state index in [0.29, 0.717) is 0 Å². The fraction of sp³-hybridized carbons (Fsp3) is 0.0667. The number of allylic oxidation sites excluding steroid dienone is 1. The molecule has 6 heteroatoms. The van der Waals surface area contributed by atoms with Gasteiger partial charge < -0.3 is 18.9 Å². The maximum Gasteiger partial charge on any atom is 0.123 e. The van der Waals surface area contributed by atoms with Crippen molar-refractivity contribution in [2.24, 2.45) is 0 Å². The number of hydrogen-bond acceptors (Lipinski definition) is 2. The average Bonchev–Trinajstić information content (AvgIpc) is 3.69. The molecule has 0 saturated carbocycles. The van der Waals surface area contributed by atoms with Crippen LogP contribution < -0.4 is 9.80 Å². The summed E-state index contributed by atoms with van der Waals surface area (Å²) in [5.74, 6) is -0.506. The van der Waals surface area contributed by atoms with Crippen LogP contribution in [0.3, 0.4) is 0 Å². The van der Waals surface area contributed by atoms with E-state index in [1.807, 2.05) is 24.3 Å². The van der Waals surface area contributed by atoms with Gasteiger partial charge in [-0.2, -0.15) is 0 Å². The summed E-state index contributed by atoms with van der Waals surface area (Å²) in [5, 5.41) is 3.40. The molecule has 4 nitrogen and oxygen atoms in total. The van der Waals surface area contributed by atoms with Crippen molar-refractivity contribution in [3.05, 3.63) is 323 Å². The smallest absolute Gasteiger partial charge is 0.123 e. The van der Waals surface area contributed by atoms with Crippen LogP contribution in [0.15, 0.2) is 267 Å². The first kappa shape index (κ1) is 48.1. The number of halogens is 2. The quantitative estimate of drug-likeness (QED) is 0.136. The first-order chi connectivity index (χ1) is 39.8. The monoisotopic (exact) mass is 1050 g/mol. The number of rotatable bonds is 10. The molecule has 0 fully saturated rings. The molecule has 0 aliphatic heterocycles. The number of anilines is 5. The Labute approximate surface area is 470 Å². The SMILES string of the molecule is Cc1ccc(N(C2=Cc3c(n(-c4ccc(F)cc4)c4ccccc34)CC2)c2ccc3c(c2)C(c2ccccc2)(c2ccccc2)c2cc(N(c4ccc(C)cc4)c4ccc5c(c4)c4ccccc4n5-c4ccc(F)cc4)ccc2-3)cc1. The van der Waals surface area contributed by atoms with Crippen molar-refractivity contribution >= 4 is 67.2 Å². The van der Waals surface area contributed by atoms with Gasteiger partial charge in [-0.15, -0.1) is 0 Å². The number of aromatic nitrogens is 2. The van der Waals surface area contributed by atoms with Gasteiger partial charge in [0, 0.05) is 72.9 Å². The van der Waals surface area contributed by atoms with Crippen LogP contribution in [-0.2, 0) is 11.8 Å². The van der Waals surface area contributed by atoms with Gasteiger partial charge in [-0.05, 0) is 194 Å². The zero-order valence-electron chi connectivity index (χ0n) is 44.9. The van der Waals surface area contributed by atoms with Gasteiger partial charge in [0.1, 0.15) is 11.6 Å². The third-order valence-corrected chi connectivity index (χ3v) is 16.9. The summed E-state index contributed by atoms with van der Waals surface area (Å²) in [7, 11) is 0. The van der Waals surface area contributed by atoms with Crippen LogP contribution in [0, 0.1) is 25.5 Å². The van der Waals surface area contributed by atoms with E-state index in [0.717, 1.165) is 80.0 Å². The summed E-state index contributed by atoms with van der Waals surface area (Å²) in [6, 6.07) is 91.6. The van der Waals surface area contributed by atoms with Crippen LogP contribution in [0.1, 0.15) is 51.1 Å². The molecule has 388 valence electrons. The maximum absolute atomic E-state index is 14.4. The lowest BCUT2D eigenvalue weighted by atomic mass is 9.67. The van der Waals surface area contributed by atoms with Crippen LogP contribution in [0.4, 0.5) is 37.2 Å². The maximum atomic E-state index is 14.4. The highest BCUT2D eigenvalue weighted by Crippen LogP contribution is 2.59. The van der Waals surface area contributed by atoms with Gasteiger partial charge in [0.25, 0.3) is 0 Å². The van der Waals surface area contributed by atoms with Crippen LogP contribution in [0.2, 0.25) is 0 Å². The molecule has 0 bridgehead atoms. The van der Waals surface area contributed by atoms with Gasteiger partial charge in [0.2, 0.25) is 0 Å². The van der Waals surface area contributed by atoms with Crippen molar-refractivity contribution < 1.29 is 8.78 Å². The molecule has 2 heterocycles. The van der Waals surface area contributed by atoms with Crippen LogP contribution in [0.25, 0.3) is 61.3 Å². The first-order valence-corrected chi connectivity index (χ1v) is 27.8. The van der Waals surface area contributed by atoms with Crippen molar-refractivity contribution in [1.82, 2.24) is 9.13 Å². The van der Waals surface area contributed by atoms with Gasteiger partial charge >= 0.3 is 0 Å². The van der Waals surface area contributed by atoms with Gasteiger partial charge in [0.05, 0.1) is 22.0 Å². The topological polar surface area (TPSA) is 16.3 Å². The lowest BCUT2D eigenvalue weighted by Crippen LogP contribution is -2.29. The Hall–Kier alpha value is -10.0. The fourth-order valence-electron chi connectivity index (χ4n) is 13.3. The molecule has 81 heavy (non-hydrogen) atoms. The second kappa shape index (κ2) is 19.1. The molecule has 0 N–H and O–H groups in total. The highest BCUT2D eigenvalue weighted by atomic mass is 19.1. The Balaban J connectivity index is 0.937. The fourth-order valence-corrected chi connectivity index (χ4v) is 13.3. The van der Waals surface area contributed by atoms with E-state index < -0.39 is 5.41 Å². The minimum Gasteiger partial charge on any atom is -0.314 e. The minimum atomic E-state index is -0.736. The number of nitrogens with zero attached hydrogens (tertiary/aromatic N) is 4. The summed E-state index contributed by atoms with van der Waals surface area (Å²) in [6.45, 7) is 4.28. The Morgan fingerprint density at radius 1 is 0.370 bits per heavy atom. The number of aryl methyl sites for hydroxylation is 2. The molecule has 0 atom stereocenters. The molecule has 0 unspecified atom stereocenters. The van der Waals surface area contributed by atoms with Crippen LogP contribution in [-0.4, -0.2) is 9.13 Å². The molecular formula is C75H54F2N4. The van der Waals surface area contributed by atoms with Crippen LogP contribution in [0.5, 0.6) is 0 Å². The number of para-hydroxylation sites is 2. The molecule has 15 rings (SSSR count). The van der Waals surface area contributed by atoms with E-state index in [1.54, 1.807) is 12.1 Å². The molecular weight excluding hydrogens is 995 g/mol. The summed E-state index contributed by atoms with van der Waals surface area (Å²) in [6.07, 6.45) is 3.98. The Bertz CT molecular complexity index is 4550. The summed E-state index contributed by atoms with van der Waals surface area (Å²) in [4.78, 5) is 4.87. The lowest BCUT2D eigenvalue weighted by Gasteiger charge is -2.36. The molecule has 2 aliphatic rings. The average molecular weight is 1050 g/mol. The molecule has 0 amide bonds. The standard InChI is InChI=1S/C75H54F2N4/c1-49-21-29-55(30-22-49)78(59-39-43-73-67(45-59)65-17-9-11-19-71(65)80(73)57-33-25-53(76)26-34-57)61-37-41-63-64-42-38-62(48-70(64)75(69(63)47-61,51-13-5-3-6-14-51)52-15-7-4-8-16-52)79(56-31-23-50(2)24-32-56)60-40-44-74-68(46-60)66-18-10-12-20-72(66)81(74)58-35-27-54(77)28-36-58/h3-39,41-43,45-48H,40,44H2,1-2H3. The van der Waals surface area contributed by atoms with E-state index in [2.05, 4.69) is 251 Å². The van der Waals surface area contributed by atoms with Gasteiger partial charge in [-0.25, -0.2) is 8.78 Å².